The fraction of sp³-hybridized carbons (Fsp3) is 0.538. The first-order valence-electron chi connectivity index (χ1n) is 6.31. The maximum atomic E-state index is 5.79. The van der Waals surface area contributed by atoms with E-state index in [-0.39, 0.29) is 0 Å². The number of piperidine rings is 1. The van der Waals surface area contributed by atoms with Crippen LogP contribution in [0.4, 0.5) is 11.4 Å². The minimum atomic E-state index is 0.689. The van der Waals surface area contributed by atoms with Gasteiger partial charge >= 0.3 is 0 Å². The lowest BCUT2D eigenvalue weighted by molar-refractivity contribution is 0.133. The molecule has 0 bridgehead atoms. The first-order valence-corrected chi connectivity index (χ1v) is 6.31. The molecule has 4 heteroatoms. The van der Waals surface area contributed by atoms with Crippen molar-refractivity contribution in [1.82, 2.24) is 4.90 Å². The van der Waals surface area contributed by atoms with Gasteiger partial charge in [0.05, 0.1) is 18.0 Å². The van der Waals surface area contributed by atoms with Gasteiger partial charge in [0.15, 0.2) is 0 Å². The molecule has 1 aromatic rings. The van der Waals surface area contributed by atoms with Crippen LogP contribution in [0.2, 0.25) is 0 Å². The van der Waals surface area contributed by atoms with Crippen molar-refractivity contribution in [3.63, 3.8) is 0 Å². The quantitative estimate of drug-likeness (QED) is 0.466. The average Bonchev–Trinajstić information content (AvgIpc) is 2.38. The van der Waals surface area contributed by atoms with E-state index in [0.717, 1.165) is 12.2 Å². The van der Waals surface area contributed by atoms with Gasteiger partial charge in [-0.1, -0.05) is 18.6 Å². The maximum absolute atomic E-state index is 5.79. The van der Waals surface area contributed by atoms with Crippen molar-refractivity contribution in [3.8, 4) is 0 Å². The largest absolute Gasteiger partial charge is 0.397 e. The van der Waals surface area contributed by atoms with E-state index in [4.69, 9.17) is 10.6 Å². The predicted molar refractivity (Wildman–Crippen MR) is 70.7 cm³/mol. The summed E-state index contributed by atoms with van der Waals surface area (Å²) in [6.45, 7) is 4.09. The third-order valence-electron chi connectivity index (χ3n) is 3.10. The Morgan fingerprint density at radius 3 is 2.71 bits per heavy atom. The highest BCUT2D eigenvalue weighted by atomic mass is 16.6. The lowest BCUT2D eigenvalue weighted by atomic mass is 10.1. The van der Waals surface area contributed by atoms with Crippen LogP contribution in [0.1, 0.15) is 19.3 Å². The van der Waals surface area contributed by atoms with E-state index in [9.17, 15) is 0 Å². The Morgan fingerprint density at radius 1 is 1.18 bits per heavy atom. The van der Waals surface area contributed by atoms with Gasteiger partial charge in [-0.15, -0.1) is 0 Å². The molecule has 1 saturated heterocycles. The SMILES string of the molecule is Nc1ccccc1NOCCN1CCCCC1. The molecule has 4 nitrogen and oxygen atoms in total. The van der Waals surface area contributed by atoms with E-state index in [2.05, 4.69) is 10.4 Å². The van der Waals surface area contributed by atoms with E-state index in [0.29, 0.717) is 12.3 Å². The highest BCUT2D eigenvalue weighted by Crippen LogP contribution is 2.16. The molecule has 0 amide bonds. The summed E-state index contributed by atoms with van der Waals surface area (Å²) in [5.41, 5.74) is 10.2. The standard InChI is InChI=1S/C13H21N3O/c14-12-6-2-3-7-13(12)15-17-11-10-16-8-4-1-5-9-16/h2-3,6-7,15H,1,4-5,8-11,14H2. The summed E-state index contributed by atoms with van der Waals surface area (Å²) < 4.78 is 0. The lowest BCUT2D eigenvalue weighted by Crippen LogP contribution is -2.33. The van der Waals surface area contributed by atoms with Gasteiger partial charge in [0, 0.05) is 6.54 Å². The number of hydrogen-bond acceptors (Lipinski definition) is 4. The van der Waals surface area contributed by atoms with Gasteiger partial charge in [-0.3, -0.25) is 10.3 Å². The molecule has 1 fully saturated rings. The monoisotopic (exact) mass is 235 g/mol. The van der Waals surface area contributed by atoms with Crippen LogP contribution in [0.15, 0.2) is 24.3 Å². The Kier molecular flexibility index (Phi) is 4.64. The van der Waals surface area contributed by atoms with E-state index in [1.807, 2.05) is 24.3 Å². The third kappa shape index (κ3) is 3.91. The number of nitrogen functional groups attached to an aromatic ring is 1. The first-order chi connectivity index (χ1) is 8.36. The Hall–Kier alpha value is -1.26. The maximum Gasteiger partial charge on any atom is 0.0873 e. The van der Waals surface area contributed by atoms with Crippen molar-refractivity contribution in [2.24, 2.45) is 0 Å². The van der Waals surface area contributed by atoms with Crippen LogP contribution in [-0.2, 0) is 4.84 Å². The van der Waals surface area contributed by atoms with Crippen LogP contribution in [0, 0.1) is 0 Å². The van der Waals surface area contributed by atoms with Crippen LogP contribution in [0.25, 0.3) is 0 Å². The second-order valence-electron chi connectivity index (χ2n) is 4.44. The average molecular weight is 235 g/mol. The molecule has 0 spiro atoms. The molecule has 1 aromatic carbocycles. The molecule has 1 aliphatic heterocycles. The van der Waals surface area contributed by atoms with Gasteiger partial charge in [0.1, 0.15) is 0 Å². The summed E-state index contributed by atoms with van der Waals surface area (Å²) in [6, 6.07) is 7.62. The molecule has 0 aliphatic carbocycles. The Balaban J connectivity index is 1.64. The predicted octanol–water partition coefficient (Wildman–Crippen LogP) is 2.10. The number of nitrogens with one attached hydrogen (secondary N) is 1. The van der Waals surface area contributed by atoms with E-state index in [1.165, 1.54) is 32.4 Å². The fourth-order valence-electron chi connectivity index (χ4n) is 2.08. The van der Waals surface area contributed by atoms with Crippen molar-refractivity contribution in [2.75, 3.05) is 37.5 Å². The summed E-state index contributed by atoms with van der Waals surface area (Å²) in [4.78, 5) is 7.88. The topological polar surface area (TPSA) is 50.5 Å². The van der Waals surface area contributed by atoms with Gasteiger partial charge in [-0.2, -0.15) is 0 Å². The second-order valence-corrected chi connectivity index (χ2v) is 4.44. The molecule has 0 unspecified atom stereocenters. The number of rotatable bonds is 5. The molecule has 17 heavy (non-hydrogen) atoms. The molecule has 0 aromatic heterocycles. The van der Waals surface area contributed by atoms with Crippen LogP contribution in [0.3, 0.4) is 0 Å². The Bertz CT molecular complexity index is 337. The number of nitrogens with two attached hydrogens (primary N) is 1. The molecule has 94 valence electrons. The van der Waals surface area contributed by atoms with Gasteiger partial charge in [0.2, 0.25) is 0 Å². The summed E-state index contributed by atoms with van der Waals surface area (Å²) in [5, 5.41) is 0. The Labute approximate surface area is 103 Å². The second kappa shape index (κ2) is 6.47. The summed E-state index contributed by atoms with van der Waals surface area (Å²) in [5.74, 6) is 0. The van der Waals surface area contributed by atoms with Gasteiger partial charge in [-0.25, -0.2) is 0 Å². The fourth-order valence-corrected chi connectivity index (χ4v) is 2.08. The lowest BCUT2D eigenvalue weighted by Gasteiger charge is -2.26. The van der Waals surface area contributed by atoms with Crippen LogP contribution >= 0.6 is 0 Å². The highest BCUT2D eigenvalue weighted by Gasteiger charge is 2.09. The van der Waals surface area contributed by atoms with E-state index < -0.39 is 0 Å². The van der Waals surface area contributed by atoms with E-state index >= 15 is 0 Å². The zero-order chi connectivity index (χ0) is 11.9. The summed E-state index contributed by atoms with van der Waals surface area (Å²) >= 11 is 0. The zero-order valence-corrected chi connectivity index (χ0v) is 10.2. The van der Waals surface area contributed by atoms with Crippen LogP contribution in [0.5, 0.6) is 0 Å². The number of anilines is 2. The Morgan fingerprint density at radius 2 is 1.94 bits per heavy atom. The molecule has 0 radical (unpaired) electrons. The third-order valence-corrected chi connectivity index (χ3v) is 3.10. The molecular formula is C13H21N3O. The first kappa shape index (κ1) is 12.2. The number of likely N-dealkylation sites (tertiary alicyclic amines) is 1. The minimum absolute atomic E-state index is 0.689. The van der Waals surface area contributed by atoms with Gasteiger partial charge in [0.25, 0.3) is 0 Å². The normalized spacial score (nSPS) is 16.9. The summed E-state index contributed by atoms with van der Waals surface area (Å²) in [6.07, 6.45) is 4.01. The van der Waals surface area contributed by atoms with Crippen molar-refractivity contribution < 1.29 is 4.84 Å². The number of hydrogen-bond donors (Lipinski definition) is 2. The van der Waals surface area contributed by atoms with Crippen molar-refractivity contribution in [1.29, 1.82) is 0 Å². The number of nitrogens with zero attached hydrogens (tertiary/aromatic N) is 1. The summed E-state index contributed by atoms with van der Waals surface area (Å²) in [7, 11) is 0. The molecule has 0 atom stereocenters. The van der Waals surface area contributed by atoms with E-state index in [1.54, 1.807) is 0 Å². The van der Waals surface area contributed by atoms with Crippen molar-refractivity contribution in [3.05, 3.63) is 24.3 Å². The molecule has 1 heterocycles. The van der Waals surface area contributed by atoms with Crippen LogP contribution in [-0.4, -0.2) is 31.1 Å². The number of benzene rings is 1. The molecule has 1 aliphatic rings. The minimum Gasteiger partial charge on any atom is -0.397 e. The highest BCUT2D eigenvalue weighted by molar-refractivity contribution is 5.64. The molecule has 3 N–H and O–H groups in total. The van der Waals surface area contributed by atoms with Crippen molar-refractivity contribution in [2.45, 2.75) is 19.3 Å². The number of para-hydroxylation sites is 2. The van der Waals surface area contributed by atoms with Gasteiger partial charge in [-0.05, 0) is 38.1 Å². The smallest absolute Gasteiger partial charge is 0.0873 e. The van der Waals surface area contributed by atoms with Crippen LogP contribution < -0.4 is 11.2 Å². The van der Waals surface area contributed by atoms with Crippen molar-refractivity contribution >= 4 is 11.4 Å². The molecule has 2 rings (SSSR count). The zero-order valence-electron chi connectivity index (χ0n) is 10.2. The molecule has 0 saturated carbocycles. The molecular weight excluding hydrogens is 214 g/mol. The van der Waals surface area contributed by atoms with Gasteiger partial charge < -0.3 is 10.6 Å².